The maximum Gasteiger partial charge on any atom is 0.262 e. The zero-order chi connectivity index (χ0) is 22.8. The maximum absolute atomic E-state index is 12.7. The van der Waals surface area contributed by atoms with Crippen LogP contribution in [-0.2, 0) is 0 Å². The van der Waals surface area contributed by atoms with Gasteiger partial charge in [-0.2, -0.15) is 5.26 Å². The Bertz CT molecular complexity index is 1430. The van der Waals surface area contributed by atoms with Crippen LogP contribution in [0.1, 0.15) is 27.6 Å². The molecule has 0 aliphatic carbocycles. The van der Waals surface area contributed by atoms with Gasteiger partial charge in [0.1, 0.15) is 17.5 Å². The van der Waals surface area contributed by atoms with Gasteiger partial charge in [0.05, 0.1) is 22.8 Å². The molecule has 9 heteroatoms. The number of hydrogen-bond acceptors (Lipinski definition) is 6. The van der Waals surface area contributed by atoms with E-state index in [9.17, 15) is 14.7 Å². The van der Waals surface area contributed by atoms with E-state index in [2.05, 4.69) is 20.3 Å². The number of rotatable bonds is 6. The van der Waals surface area contributed by atoms with E-state index in [1.807, 2.05) is 0 Å². The number of imidazole rings is 1. The van der Waals surface area contributed by atoms with Crippen LogP contribution in [0.15, 0.2) is 53.5 Å². The van der Waals surface area contributed by atoms with Crippen LogP contribution in [0.25, 0.3) is 22.4 Å². The number of H-pyrrole nitrogens is 2. The van der Waals surface area contributed by atoms with Crippen LogP contribution < -0.4 is 10.9 Å². The smallest absolute Gasteiger partial charge is 0.262 e. The third-order valence-electron chi connectivity index (χ3n) is 5.06. The largest absolute Gasteiger partial charge is 0.387 e. The standard InChI is InChI=1S/C23H18ClN5O3/c1-12-7-14(18(30)10-25)9-17-21(12)29-22(28-17)20-16(5-6-26-23(20)32)27-11-19(31)13-3-2-4-15(24)8-13/h2-9,19,31H,11H2,1H3,(H,28,29)(H2,26,27,32). The minimum absolute atomic E-state index is 0.136. The number of ketones is 1. The molecule has 1 atom stereocenters. The lowest BCUT2D eigenvalue weighted by Gasteiger charge is -2.15. The molecule has 2 aromatic carbocycles. The van der Waals surface area contributed by atoms with Gasteiger partial charge in [-0.1, -0.05) is 23.7 Å². The van der Waals surface area contributed by atoms with Crippen molar-refractivity contribution in [1.29, 1.82) is 5.26 Å². The number of pyridine rings is 1. The number of aryl methyl sites for hydroxylation is 1. The van der Waals surface area contributed by atoms with Gasteiger partial charge in [-0.15, -0.1) is 0 Å². The van der Waals surface area contributed by atoms with Crippen LogP contribution in [0.2, 0.25) is 5.02 Å². The number of aromatic amines is 2. The molecular formula is C23H18ClN5O3. The summed E-state index contributed by atoms with van der Waals surface area (Å²) < 4.78 is 0. The molecule has 4 aromatic rings. The highest BCUT2D eigenvalue weighted by molar-refractivity contribution is 6.30. The van der Waals surface area contributed by atoms with Crippen molar-refractivity contribution in [3.8, 4) is 17.5 Å². The van der Waals surface area contributed by atoms with E-state index in [-0.39, 0.29) is 23.2 Å². The number of aliphatic hydroxyl groups excluding tert-OH is 1. The third kappa shape index (κ3) is 4.12. The van der Waals surface area contributed by atoms with E-state index in [1.54, 1.807) is 49.4 Å². The predicted octanol–water partition coefficient (Wildman–Crippen LogP) is 3.73. The first-order chi connectivity index (χ1) is 15.4. The number of nitrogens with zero attached hydrogens (tertiary/aromatic N) is 2. The zero-order valence-corrected chi connectivity index (χ0v) is 17.7. The van der Waals surface area contributed by atoms with Crippen molar-refractivity contribution in [1.82, 2.24) is 15.0 Å². The van der Waals surface area contributed by atoms with Crippen molar-refractivity contribution in [3.05, 3.63) is 80.7 Å². The Balaban J connectivity index is 1.69. The second kappa shape index (κ2) is 8.67. The monoisotopic (exact) mass is 447 g/mol. The lowest BCUT2D eigenvalue weighted by molar-refractivity contribution is 0.105. The van der Waals surface area contributed by atoms with Crippen molar-refractivity contribution in [2.24, 2.45) is 0 Å². The molecule has 0 aliphatic rings. The number of benzene rings is 2. The summed E-state index contributed by atoms with van der Waals surface area (Å²) in [5.74, 6) is -0.354. The van der Waals surface area contributed by atoms with Gasteiger partial charge in [-0.25, -0.2) is 4.98 Å². The highest BCUT2D eigenvalue weighted by Gasteiger charge is 2.18. The van der Waals surface area contributed by atoms with Gasteiger partial charge in [0.15, 0.2) is 0 Å². The lowest BCUT2D eigenvalue weighted by atomic mass is 10.1. The van der Waals surface area contributed by atoms with Crippen molar-refractivity contribution in [2.75, 3.05) is 11.9 Å². The van der Waals surface area contributed by atoms with Gasteiger partial charge in [-0.3, -0.25) is 9.59 Å². The topological polar surface area (TPSA) is 135 Å². The SMILES string of the molecule is Cc1cc(C(=O)C#N)cc2[nH]c(-c3c(NCC(O)c4cccc(Cl)c4)cc[nH]c3=O)nc12. The average molecular weight is 448 g/mol. The van der Waals surface area contributed by atoms with Gasteiger partial charge in [-0.05, 0) is 48.4 Å². The normalized spacial score (nSPS) is 11.8. The number of aromatic nitrogens is 3. The molecule has 4 N–H and O–H groups in total. The van der Waals surface area contributed by atoms with Crippen molar-refractivity contribution in [2.45, 2.75) is 13.0 Å². The molecule has 32 heavy (non-hydrogen) atoms. The summed E-state index contributed by atoms with van der Waals surface area (Å²) in [7, 11) is 0. The zero-order valence-electron chi connectivity index (χ0n) is 16.9. The second-order valence-electron chi connectivity index (χ2n) is 7.26. The summed E-state index contributed by atoms with van der Waals surface area (Å²) in [6, 6.07) is 13.3. The number of nitriles is 1. The van der Waals surface area contributed by atoms with Gasteiger partial charge in [0, 0.05) is 23.3 Å². The van der Waals surface area contributed by atoms with Crippen LogP contribution in [0.5, 0.6) is 0 Å². The van der Waals surface area contributed by atoms with Crippen molar-refractivity contribution in [3.63, 3.8) is 0 Å². The Morgan fingerprint density at radius 3 is 2.88 bits per heavy atom. The predicted molar refractivity (Wildman–Crippen MR) is 122 cm³/mol. The second-order valence-corrected chi connectivity index (χ2v) is 7.70. The number of Topliss-reactive ketones (excluding diaryl/α,β-unsaturated/α-hetero) is 1. The first kappa shape index (κ1) is 21.3. The molecule has 2 heterocycles. The van der Waals surface area contributed by atoms with Crippen LogP contribution in [0, 0.1) is 18.3 Å². The summed E-state index contributed by atoms with van der Waals surface area (Å²) in [5, 5.41) is 23.0. The number of carbonyl (C=O) groups excluding carboxylic acids is 1. The number of nitrogens with one attached hydrogen (secondary N) is 3. The third-order valence-corrected chi connectivity index (χ3v) is 5.29. The maximum atomic E-state index is 12.7. The van der Waals surface area contributed by atoms with Crippen LogP contribution in [-0.4, -0.2) is 32.4 Å². The van der Waals surface area contributed by atoms with Gasteiger partial charge in [0.2, 0.25) is 0 Å². The van der Waals surface area contributed by atoms with Crippen LogP contribution >= 0.6 is 11.6 Å². The summed E-state index contributed by atoms with van der Waals surface area (Å²) in [6.45, 7) is 1.91. The average Bonchev–Trinajstić information content (AvgIpc) is 3.21. The fourth-order valence-corrected chi connectivity index (χ4v) is 3.70. The minimum Gasteiger partial charge on any atom is -0.387 e. The quantitative estimate of drug-likeness (QED) is 0.263. The number of fused-ring (bicyclic) bond motifs is 1. The highest BCUT2D eigenvalue weighted by Crippen LogP contribution is 2.27. The molecule has 2 aromatic heterocycles. The van der Waals surface area contributed by atoms with E-state index >= 15 is 0 Å². The molecular weight excluding hydrogens is 430 g/mol. The van der Waals surface area contributed by atoms with Crippen molar-refractivity contribution >= 4 is 34.1 Å². The van der Waals surface area contributed by atoms with Crippen LogP contribution in [0.4, 0.5) is 5.69 Å². The first-order valence-corrected chi connectivity index (χ1v) is 10.1. The molecule has 0 amide bonds. The Labute approximate surface area is 187 Å². The Kier molecular flexibility index (Phi) is 5.77. The van der Waals surface area contributed by atoms with Gasteiger partial charge < -0.3 is 20.4 Å². The number of aliphatic hydroxyl groups is 1. The number of halogens is 1. The summed E-state index contributed by atoms with van der Waals surface area (Å²) in [6.07, 6.45) is 0.649. The molecule has 8 nitrogen and oxygen atoms in total. The number of anilines is 1. The first-order valence-electron chi connectivity index (χ1n) is 9.71. The minimum atomic E-state index is -0.849. The van der Waals surface area contributed by atoms with Crippen LogP contribution in [0.3, 0.4) is 0 Å². The Morgan fingerprint density at radius 2 is 2.12 bits per heavy atom. The summed E-state index contributed by atoms with van der Waals surface area (Å²) >= 11 is 6.00. The number of hydrogen-bond donors (Lipinski definition) is 4. The molecule has 0 bridgehead atoms. The molecule has 0 aliphatic heterocycles. The van der Waals surface area contributed by atoms with Gasteiger partial charge >= 0.3 is 0 Å². The molecule has 0 fully saturated rings. The molecule has 0 radical (unpaired) electrons. The summed E-state index contributed by atoms with van der Waals surface area (Å²) in [5.41, 5.74) is 3.06. The van der Waals surface area contributed by atoms with Gasteiger partial charge in [0.25, 0.3) is 11.3 Å². The fraction of sp³-hybridized carbons (Fsp3) is 0.130. The van der Waals surface area contributed by atoms with E-state index in [0.717, 1.165) is 0 Å². The Morgan fingerprint density at radius 1 is 1.31 bits per heavy atom. The number of carbonyl (C=O) groups is 1. The van der Waals surface area contributed by atoms with E-state index in [1.165, 1.54) is 12.3 Å². The molecule has 4 rings (SSSR count). The molecule has 160 valence electrons. The molecule has 0 saturated heterocycles. The molecule has 0 spiro atoms. The highest BCUT2D eigenvalue weighted by atomic mass is 35.5. The lowest BCUT2D eigenvalue weighted by Crippen LogP contribution is -2.17. The van der Waals surface area contributed by atoms with Crippen molar-refractivity contribution < 1.29 is 9.90 Å². The summed E-state index contributed by atoms with van der Waals surface area (Å²) in [4.78, 5) is 34.7. The fourth-order valence-electron chi connectivity index (χ4n) is 3.50. The molecule has 1 unspecified atom stereocenters. The van der Waals surface area contributed by atoms with E-state index < -0.39 is 11.9 Å². The Hall–Kier alpha value is -3.93. The van der Waals surface area contributed by atoms with E-state index in [0.29, 0.717) is 38.7 Å². The molecule has 0 saturated carbocycles. The van der Waals surface area contributed by atoms with E-state index in [4.69, 9.17) is 16.9 Å².